The first-order valence-corrected chi connectivity index (χ1v) is 7.72. The molecule has 0 spiro atoms. The van der Waals surface area contributed by atoms with Gasteiger partial charge in [-0.2, -0.15) is 11.8 Å². The van der Waals surface area contributed by atoms with Crippen LogP contribution in [-0.4, -0.2) is 35.0 Å². The molecule has 1 saturated heterocycles. The Labute approximate surface area is 124 Å². The van der Waals surface area contributed by atoms with E-state index < -0.39 is 29.1 Å². The number of nitrogens with one attached hydrogen (secondary N) is 1. The fourth-order valence-corrected chi connectivity index (χ4v) is 3.40. The molecule has 1 aliphatic rings. The summed E-state index contributed by atoms with van der Waals surface area (Å²) in [6.07, 6.45) is 1.96. The lowest BCUT2D eigenvalue weighted by Gasteiger charge is -2.21. The third-order valence-electron chi connectivity index (χ3n) is 3.43. The molecule has 7 heteroatoms. The minimum Gasteiger partial charge on any atom is -0.478 e. The molecule has 0 radical (unpaired) electrons. The maximum absolute atomic E-state index is 13.2. The van der Waals surface area contributed by atoms with Gasteiger partial charge in [0.05, 0.1) is 11.1 Å². The van der Waals surface area contributed by atoms with Crippen molar-refractivity contribution >= 4 is 23.6 Å². The zero-order chi connectivity index (χ0) is 15.4. The van der Waals surface area contributed by atoms with Gasteiger partial charge in [0.25, 0.3) is 5.91 Å². The maximum atomic E-state index is 13.2. The molecule has 1 aromatic rings. The molecule has 0 unspecified atom stereocenters. The van der Waals surface area contributed by atoms with Crippen LogP contribution in [0, 0.1) is 17.6 Å². The summed E-state index contributed by atoms with van der Waals surface area (Å²) in [5.41, 5.74) is -0.891. The molecule has 0 atom stereocenters. The van der Waals surface area contributed by atoms with E-state index in [0.29, 0.717) is 24.6 Å². The number of carboxylic acids is 1. The largest absolute Gasteiger partial charge is 0.478 e. The van der Waals surface area contributed by atoms with E-state index in [1.54, 1.807) is 0 Å². The fourth-order valence-electron chi connectivity index (χ4n) is 2.19. The van der Waals surface area contributed by atoms with E-state index in [9.17, 15) is 18.4 Å². The van der Waals surface area contributed by atoms with Gasteiger partial charge in [0.2, 0.25) is 0 Å². The van der Waals surface area contributed by atoms with Crippen LogP contribution in [0.3, 0.4) is 0 Å². The second-order valence-electron chi connectivity index (χ2n) is 4.88. The van der Waals surface area contributed by atoms with Crippen molar-refractivity contribution in [2.24, 2.45) is 5.92 Å². The van der Waals surface area contributed by atoms with Crippen molar-refractivity contribution in [3.05, 3.63) is 34.9 Å². The Morgan fingerprint density at radius 1 is 1.19 bits per heavy atom. The summed E-state index contributed by atoms with van der Waals surface area (Å²) in [6.45, 7) is 0.414. The van der Waals surface area contributed by atoms with Gasteiger partial charge in [-0.05, 0) is 42.4 Å². The highest BCUT2D eigenvalue weighted by Gasteiger charge is 2.21. The quantitative estimate of drug-likeness (QED) is 0.896. The maximum Gasteiger partial charge on any atom is 0.336 e. The summed E-state index contributed by atoms with van der Waals surface area (Å²) in [5, 5.41) is 11.6. The van der Waals surface area contributed by atoms with E-state index in [0.717, 1.165) is 24.3 Å². The number of carboxylic acid groups (broad SMARTS) is 1. The monoisotopic (exact) mass is 315 g/mol. The number of carbonyl (C=O) groups excluding carboxylic acids is 1. The summed E-state index contributed by atoms with van der Waals surface area (Å²) < 4.78 is 26.3. The standard InChI is InChI=1S/C14H15F2NO3S/c15-11-5-9(10(14(19)20)6-12(11)16)13(18)17-7-8-1-3-21-4-2-8/h5-6,8H,1-4,7H2,(H,17,18)(H,19,20). The molecule has 1 aliphatic heterocycles. The van der Waals surface area contributed by atoms with Crippen LogP contribution in [0.15, 0.2) is 12.1 Å². The Bertz CT molecular complexity index is 559. The van der Waals surface area contributed by atoms with E-state index in [1.807, 2.05) is 11.8 Å². The minimum atomic E-state index is -1.46. The third kappa shape index (κ3) is 3.93. The smallest absolute Gasteiger partial charge is 0.336 e. The molecule has 0 aliphatic carbocycles. The number of benzene rings is 1. The van der Waals surface area contributed by atoms with E-state index in [4.69, 9.17) is 5.11 Å². The molecule has 0 aromatic heterocycles. The summed E-state index contributed by atoms with van der Waals surface area (Å²) in [7, 11) is 0. The molecule has 1 aromatic carbocycles. The van der Waals surface area contributed by atoms with Gasteiger partial charge in [-0.1, -0.05) is 0 Å². The molecule has 4 nitrogen and oxygen atoms in total. The molecule has 2 N–H and O–H groups in total. The van der Waals surface area contributed by atoms with Gasteiger partial charge in [-0.25, -0.2) is 13.6 Å². The highest BCUT2D eigenvalue weighted by Crippen LogP contribution is 2.22. The van der Waals surface area contributed by atoms with Crippen molar-refractivity contribution in [2.45, 2.75) is 12.8 Å². The lowest BCUT2D eigenvalue weighted by Crippen LogP contribution is -2.32. The van der Waals surface area contributed by atoms with Gasteiger partial charge in [0.1, 0.15) is 0 Å². The van der Waals surface area contributed by atoms with Gasteiger partial charge in [0.15, 0.2) is 11.6 Å². The number of hydrogen-bond donors (Lipinski definition) is 2. The number of hydrogen-bond acceptors (Lipinski definition) is 3. The number of carbonyl (C=O) groups is 2. The van der Waals surface area contributed by atoms with Crippen molar-refractivity contribution in [1.82, 2.24) is 5.32 Å². The average Bonchev–Trinajstić information content (AvgIpc) is 2.48. The van der Waals surface area contributed by atoms with Crippen molar-refractivity contribution < 1.29 is 23.5 Å². The van der Waals surface area contributed by atoms with Crippen LogP contribution >= 0.6 is 11.8 Å². The number of thioether (sulfide) groups is 1. The first-order valence-electron chi connectivity index (χ1n) is 6.57. The van der Waals surface area contributed by atoms with Crippen LogP contribution in [0.1, 0.15) is 33.6 Å². The summed E-state index contributed by atoms with van der Waals surface area (Å²) in [4.78, 5) is 23.0. The van der Waals surface area contributed by atoms with Crippen LogP contribution in [0.2, 0.25) is 0 Å². The molecule has 1 heterocycles. The van der Waals surface area contributed by atoms with Crippen LogP contribution in [-0.2, 0) is 0 Å². The number of halogens is 2. The van der Waals surface area contributed by atoms with Crippen LogP contribution in [0.25, 0.3) is 0 Å². The molecule has 0 bridgehead atoms. The van der Waals surface area contributed by atoms with Gasteiger partial charge >= 0.3 is 5.97 Å². The van der Waals surface area contributed by atoms with Crippen molar-refractivity contribution in [3.63, 3.8) is 0 Å². The van der Waals surface area contributed by atoms with E-state index >= 15 is 0 Å². The lowest BCUT2D eigenvalue weighted by molar-refractivity contribution is 0.0690. The van der Waals surface area contributed by atoms with Gasteiger partial charge in [0, 0.05) is 6.54 Å². The van der Waals surface area contributed by atoms with Crippen LogP contribution < -0.4 is 5.32 Å². The number of amides is 1. The lowest BCUT2D eigenvalue weighted by atomic mass is 10.0. The average molecular weight is 315 g/mol. The molecular weight excluding hydrogens is 300 g/mol. The van der Waals surface area contributed by atoms with Crippen molar-refractivity contribution in [3.8, 4) is 0 Å². The Hall–Kier alpha value is -1.63. The second kappa shape index (κ2) is 6.89. The minimum absolute atomic E-state index is 0.341. The Balaban J connectivity index is 2.10. The highest BCUT2D eigenvalue weighted by atomic mass is 32.2. The first kappa shape index (κ1) is 15.8. The van der Waals surface area contributed by atoms with Crippen molar-refractivity contribution in [1.29, 1.82) is 0 Å². The predicted octanol–water partition coefficient (Wildman–Crippen LogP) is 2.54. The summed E-state index contributed by atoms with van der Waals surface area (Å²) in [6, 6.07) is 1.16. The molecular formula is C14H15F2NO3S. The zero-order valence-corrected chi connectivity index (χ0v) is 12.0. The molecule has 0 saturated carbocycles. The van der Waals surface area contributed by atoms with Crippen LogP contribution in [0.4, 0.5) is 8.78 Å². The molecule has 1 fully saturated rings. The van der Waals surface area contributed by atoms with E-state index in [-0.39, 0.29) is 5.56 Å². The first-order chi connectivity index (χ1) is 9.99. The molecule has 114 valence electrons. The fraction of sp³-hybridized carbons (Fsp3) is 0.429. The van der Waals surface area contributed by atoms with Gasteiger partial charge in [-0.15, -0.1) is 0 Å². The molecule has 2 rings (SSSR count). The Morgan fingerprint density at radius 3 is 2.33 bits per heavy atom. The summed E-state index contributed by atoms with van der Waals surface area (Å²) in [5.74, 6) is -2.27. The van der Waals surface area contributed by atoms with E-state index in [2.05, 4.69) is 5.32 Å². The molecule has 1 amide bonds. The van der Waals surface area contributed by atoms with Gasteiger partial charge in [-0.3, -0.25) is 4.79 Å². The topological polar surface area (TPSA) is 66.4 Å². The number of aromatic carboxylic acids is 1. The van der Waals surface area contributed by atoms with E-state index in [1.165, 1.54) is 0 Å². The number of rotatable bonds is 4. The second-order valence-corrected chi connectivity index (χ2v) is 6.11. The highest BCUT2D eigenvalue weighted by molar-refractivity contribution is 7.99. The zero-order valence-electron chi connectivity index (χ0n) is 11.2. The Morgan fingerprint density at radius 2 is 1.76 bits per heavy atom. The Kier molecular flexibility index (Phi) is 5.17. The molecule has 21 heavy (non-hydrogen) atoms. The van der Waals surface area contributed by atoms with Crippen LogP contribution in [0.5, 0.6) is 0 Å². The SMILES string of the molecule is O=C(O)c1cc(F)c(F)cc1C(=O)NCC1CCSCC1. The van der Waals surface area contributed by atoms with Crippen molar-refractivity contribution in [2.75, 3.05) is 18.1 Å². The predicted molar refractivity (Wildman–Crippen MR) is 75.7 cm³/mol. The van der Waals surface area contributed by atoms with Gasteiger partial charge < -0.3 is 10.4 Å². The normalized spacial score (nSPS) is 15.7. The summed E-state index contributed by atoms with van der Waals surface area (Å²) >= 11 is 1.86. The third-order valence-corrected chi connectivity index (χ3v) is 4.48.